The summed E-state index contributed by atoms with van der Waals surface area (Å²) in [6.45, 7) is 0.486. The molecule has 1 aliphatic rings. The average molecular weight is 313 g/mol. The Balaban J connectivity index is 2.25. The van der Waals surface area contributed by atoms with Gasteiger partial charge in [-0.2, -0.15) is 0 Å². The zero-order chi connectivity index (χ0) is 12.5. The van der Waals surface area contributed by atoms with E-state index >= 15 is 0 Å². The lowest BCUT2D eigenvalue weighted by Gasteiger charge is -2.24. The summed E-state index contributed by atoms with van der Waals surface area (Å²) in [5.41, 5.74) is 1.03. The zero-order valence-electron chi connectivity index (χ0n) is 8.67. The van der Waals surface area contributed by atoms with Crippen LogP contribution in [0.3, 0.4) is 0 Å². The molecule has 1 aliphatic heterocycles. The van der Waals surface area contributed by atoms with E-state index in [-0.39, 0.29) is 11.9 Å². The molecule has 0 radical (unpaired) electrons. The molecule has 0 saturated heterocycles. The SMILES string of the molecule is Clc1ccc(C2CCOC(C(Cl)(Cl)Cl)=N2)cc1. The van der Waals surface area contributed by atoms with E-state index < -0.39 is 3.79 Å². The van der Waals surface area contributed by atoms with Crippen molar-refractivity contribution < 1.29 is 4.74 Å². The Morgan fingerprint density at radius 1 is 1.18 bits per heavy atom. The maximum Gasteiger partial charge on any atom is 0.266 e. The summed E-state index contributed by atoms with van der Waals surface area (Å²) in [6, 6.07) is 7.41. The quantitative estimate of drug-likeness (QED) is 0.696. The fourth-order valence-corrected chi connectivity index (χ4v) is 2.03. The van der Waals surface area contributed by atoms with Crippen LogP contribution < -0.4 is 0 Å². The first-order valence-electron chi connectivity index (χ1n) is 5.00. The lowest BCUT2D eigenvalue weighted by atomic mass is 10.0. The third kappa shape index (κ3) is 3.41. The number of benzene rings is 1. The molecule has 0 bridgehead atoms. The molecule has 1 aromatic carbocycles. The van der Waals surface area contributed by atoms with Crippen molar-refractivity contribution in [3.05, 3.63) is 34.9 Å². The maximum absolute atomic E-state index is 5.83. The molecule has 0 N–H and O–H groups in total. The Hall–Kier alpha value is -0.150. The lowest BCUT2D eigenvalue weighted by Crippen LogP contribution is -2.27. The summed E-state index contributed by atoms with van der Waals surface area (Å²) in [4.78, 5) is 4.31. The molecule has 0 fully saturated rings. The van der Waals surface area contributed by atoms with Gasteiger partial charge in [-0.15, -0.1) is 0 Å². The van der Waals surface area contributed by atoms with Gasteiger partial charge in [-0.1, -0.05) is 58.5 Å². The fourth-order valence-electron chi connectivity index (χ4n) is 1.59. The molecule has 0 spiro atoms. The van der Waals surface area contributed by atoms with E-state index in [9.17, 15) is 0 Å². The van der Waals surface area contributed by atoms with Crippen molar-refractivity contribution in [3.8, 4) is 0 Å². The molecule has 0 saturated carbocycles. The van der Waals surface area contributed by atoms with Crippen LogP contribution in [0, 0.1) is 0 Å². The van der Waals surface area contributed by atoms with Crippen molar-refractivity contribution in [2.45, 2.75) is 16.3 Å². The molecule has 1 heterocycles. The molecule has 1 unspecified atom stereocenters. The Labute approximate surface area is 119 Å². The molecule has 2 nitrogen and oxygen atoms in total. The predicted molar refractivity (Wildman–Crippen MR) is 72.5 cm³/mol. The van der Waals surface area contributed by atoms with Crippen molar-refractivity contribution in [3.63, 3.8) is 0 Å². The molecule has 0 amide bonds. The van der Waals surface area contributed by atoms with Gasteiger partial charge in [-0.05, 0) is 17.7 Å². The second-order valence-corrected chi connectivity index (χ2v) is 6.35. The molecule has 1 atom stereocenters. The van der Waals surface area contributed by atoms with Crippen molar-refractivity contribution >= 4 is 52.3 Å². The van der Waals surface area contributed by atoms with Crippen LogP contribution in [0.1, 0.15) is 18.0 Å². The molecular weight excluding hydrogens is 304 g/mol. The number of alkyl halides is 3. The van der Waals surface area contributed by atoms with Crippen molar-refractivity contribution in [1.29, 1.82) is 0 Å². The first kappa shape index (κ1) is 13.3. The molecular formula is C11H9Cl4NO. The largest absolute Gasteiger partial charge is 0.478 e. The summed E-state index contributed by atoms with van der Waals surface area (Å²) in [5, 5.41) is 0.686. The van der Waals surface area contributed by atoms with Crippen LogP contribution in [0.2, 0.25) is 5.02 Å². The van der Waals surface area contributed by atoms with E-state index in [1.54, 1.807) is 0 Å². The number of aliphatic imine (C=N–C) groups is 1. The minimum absolute atomic E-state index is 0.0494. The normalized spacial score (nSPS) is 20.7. The van der Waals surface area contributed by atoms with Crippen LogP contribution in [0.15, 0.2) is 29.3 Å². The topological polar surface area (TPSA) is 21.6 Å². The van der Waals surface area contributed by atoms with Gasteiger partial charge >= 0.3 is 0 Å². The third-order valence-corrected chi connectivity index (χ3v) is 3.14. The molecule has 17 heavy (non-hydrogen) atoms. The highest BCUT2D eigenvalue weighted by molar-refractivity contribution is 6.76. The third-order valence-electron chi connectivity index (χ3n) is 2.40. The van der Waals surface area contributed by atoms with E-state index in [1.807, 2.05) is 24.3 Å². The van der Waals surface area contributed by atoms with E-state index in [0.29, 0.717) is 11.6 Å². The summed E-state index contributed by atoms with van der Waals surface area (Å²) in [7, 11) is 0. The van der Waals surface area contributed by atoms with Crippen molar-refractivity contribution in [2.75, 3.05) is 6.61 Å². The summed E-state index contributed by atoms with van der Waals surface area (Å²) in [6.07, 6.45) is 0.756. The minimum Gasteiger partial charge on any atom is -0.478 e. The van der Waals surface area contributed by atoms with Crippen LogP contribution in [0.5, 0.6) is 0 Å². The Morgan fingerprint density at radius 3 is 2.41 bits per heavy atom. The second kappa shape index (κ2) is 5.23. The van der Waals surface area contributed by atoms with Gasteiger partial charge in [0.2, 0.25) is 5.90 Å². The number of hydrogen-bond donors (Lipinski definition) is 0. The Kier molecular flexibility index (Phi) is 4.09. The van der Waals surface area contributed by atoms with Gasteiger partial charge < -0.3 is 4.74 Å². The first-order valence-corrected chi connectivity index (χ1v) is 6.51. The van der Waals surface area contributed by atoms with E-state index in [1.165, 1.54) is 0 Å². The highest BCUT2D eigenvalue weighted by atomic mass is 35.6. The first-order chi connectivity index (χ1) is 7.97. The van der Waals surface area contributed by atoms with Crippen LogP contribution in [0.4, 0.5) is 0 Å². The van der Waals surface area contributed by atoms with Gasteiger partial charge in [0, 0.05) is 11.4 Å². The molecule has 1 aromatic rings. The van der Waals surface area contributed by atoms with Gasteiger partial charge in [-0.25, -0.2) is 4.99 Å². The monoisotopic (exact) mass is 311 g/mol. The van der Waals surface area contributed by atoms with Gasteiger partial charge in [-0.3, -0.25) is 0 Å². The predicted octanol–water partition coefficient (Wildman–Crippen LogP) is 4.57. The zero-order valence-corrected chi connectivity index (χ0v) is 11.7. The van der Waals surface area contributed by atoms with Crippen molar-refractivity contribution in [2.24, 2.45) is 4.99 Å². The van der Waals surface area contributed by atoms with Gasteiger partial charge in [0.05, 0.1) is 12.6 Å². The van der Waals surface area contributed by atoms with E-state index in [4.69, 9.17) is 51.1 Å². The smallest absolute Gasteiger partial charge is 0.266 e. The minimum atomic E-state index is -1.61. The number of nitrogens with zero attached hydrogens (tertiary/aromatic N) is 1. The van der Waals surface area contributed by atoms with Gasteiger partial charge in [0.25, 0.3) is 3.79 Å². The molecule has 92 valence electrons. The molecule has 2 rings (SSSR count). The number of ether oxygens (including phenoxy) is 1. The van der Waals surface area contributed by atoms with Gasteiger partial charge in [0.15, 0.2) is 0 Å². The standard InChI is InChI=1S/C11H9Cl4NO/c12-8-3-1-7(2-4-8)9-5-6-17-10(16-9)11(13,14)15/h1-4,9H,5-6H2. The highest BCUT2D eigenvalue weighted by Crippen LogP contribution is 2.34. The molecule has 0 aromatic heterocycles. The van der Waals surface area contributed by atoms with Crippen LogP contribution in [-0.4, -0.2) is 16.3 Å². The van der Waals surface area contributed by atoms with Crippen LogP contribution >= 0.6 is 46.4 Å². The van der Waals surface area contributed by atoms with Crippen molar-refractivity contribution in [1.82, 2.24) is 0 Å². The summed E-state index contributed by atoms with van der Waals surface area (Å²) < 4.78 is 3.64. The average Bonchev–Trinajstić information content (AvgIpc) is 2.29. The number of hydrogen-bond acceptors (Lipinski definition) is 2. The molecule has 6 heteroatoms. The number of rotatable bonds is 1. The van der Waals surface area contributed by atoms with Gasteiger partial charge in [0.1, 0.15) is 0 Å². The van der Waals surface area contributed by atoms with Crippen LogP contribution in [0.25, 0.3) is 0 Å². The summed E-state index contributed by atoms with van der Waals surface area (Å²) in [5.74, 6) is 0.147. The second-order valence-electron chi connectivity index (χ2n) is 3.64. The Morgan fingerprint density at radius 2 is 1.82 bits per heavy atom. The van der Waals surface area contributed by atoms with E-state index in [2.05, 4.69) is 4.99 Å². The van der Waals surface area contributed by atoms with Crippen LogP contribution in [-0.2, 0) is 4.74 Å². The maximum atomic E-state index is 5.83. The van der Waals surface area contributed by atoms with E-state index in [0.717, 1.165) is 12.0 Å². The lowest BCUT2D eigenvalue weighted by molar-refractivity contribution is 0.255. The highest BCUT2D eigenvalue weighted by Gasteiger charge is 2.33. The molecule has 0 aliphatic carbocycles. The summed E-state index contributed by atoms with van der Waals surface area (Å²) >= 11 is 23.1. The number of halogens is 4. The Bertz CT molecular complexity index is 424. The fraction of sp³-hybridized carbons (Fsp3) is 0.364.